The van der Waals surface area contributed by atoms with Crippen molar-refractivity contribution in [2.45, 2.75) is 17.9 Å². The Bertz CT molecular complexity index is 1170. The highest BCUT2D eigenvalue weighted by Gasteiger charge is 2.31. The number of ether oxygens (including phenoxy) is 1. The average Bonchev–Trinajstić information content (AvgIpc) is 3.18. The summed E-state index contributed by atoms with van der Waals surface area (Å²) in [6.07, 6.45) is -0.0925. The first-order valence-corrected chi connectivity index (χ1v) is 11.2. The van der Waals surface area contributed by atoms with E-state index < -0.39 is 15.8 Å². The van der Waals surface area contributed by atoms with Crippen LogP contribution in [-0.4, -0.2) is 29.5 Å². The minimum atomic E-state index is -3.30. The number of benzene rings is 1. The lowest BCUT2D eigenvalue weighted by molar-refractivity contribution is -0.136. The molecule has 0 aliphatic carbocycles. The number of carboxylic acid groups (broad SMARTS) is 1. The number of carbonyl (C=O) groups is 1. The number of aromatic nitrogens is 2. The van der Waals surface area contributed by atoms with Gasteiger partial charge in [-0.2, -0.15) is 4.98 Å². The van der Waals surface area contributed by atoms with E-state index in [0.717, 1.165) is 0 Å². The zero-order valence-corrected chi connectivity index (χ0v) is 16.6. The summed E-state index contributed by atoms with van der Waals surface area (Å²) in [5.41, 5.74) is 1.50. The molecule has 2 aromatic heterocycles. The molecule has 1 N–H and O–H groups in total. The van der Waals surface area contributed by atoms with E-state index in [-0.39, 0.29) is 23.8 Å². The van der Waals surface area contributed by atoms with Crippen molar-refractivity contribution in [3.63, 3.8) is 0 Å². The number of rotatable bonds is 5. The molecule has 3 heterocycles. The van der Waals surface area contributed by atoms with Crippen LogP contribution in [0.25, 0.3) is 10.7 Å². The number of fused-ring (bicyclic) bond motifs is 1. The Kier molecular flexibility index (Phi) is 4.82. The molecule has 0 saturated heterocycles. The maximum Gasteiger partial charge on any atom is 0.307 e. The summed E-state index contributed by atoms with van der Waals surface area (Å²) in [6.45, 7) is 0. The monoisotopic (exact) mass is 436 g/mol. The Hall–Kier alpha value is -2.49. The molecule has 10 heteroatoms. The van der Waals surface area contributed by atoms with Crippen LogP contribution in [0, 0.1) is 0 Å². The van der Waals surface area contributed by atoms with Crippen molar-refractivity contribution < 1.29 is 23.1 Å². The van der Waals surface area contributed by atoms with Crippen LogP contribution < -0.4 is 4.74 Å². The molecule has 4 rings (SSSR count). The van der Waals surface area contributed by atoms with Crippen LogP contribution in [-0.2, 0) is 32.6 Å². The first-order valence-electron chi connectivity index (χ1n) is 8.13. The highest BCUT2D eigenvalue weighted by atomic mass is 35.5. The fourth-order valence-electron chi connectivity index (χ4n) is 2.84. The van der Waals surface area contributed by atoms with E-state index in [1.54, 1.807) is 36.4 Å². The van der Waals surface area contributed by atoms with Crippen LogP contribution in [0.1, 0.15) is 16.8 Å². The molecule has 3 aromatic rings. The van der Waals surface area contributed by atoms with Crippen LogP contribution in [0.5, 0.6) is 11.6 Å². The molecule has 0 amide bonds. The van der Waals surface area contributed by atoms with Gasteiger partial charge in [0.15, 0.2) is 15.7 Å². The smallest absolute Gasteiger partial charge is 0.307 e. The van der Waals surface area contributed by atoms with Gasteiger partial charge < -0.3 is 9.84 Å². The van der Waals surface area contributed by atoms with Crippen LogP contribution in [0.2, 0.25) is 4.34 Å². The second kappa shape index (κ2) is 7.16. The summed E-state index contributed by atoms with van der Waals surface area (Å²) in [4.78, 5) is 20.3. The van der Waals surface area contributed by atoms with E-state index in [4.69, 9.17) is 21.4 Å². The lowest BCUT2D eigenvalue weighted by Crippen LogP contribution is -2.01. The molecule has 0 fully saturated rings. The van der Waals surface area contributed by atoms with Gasteiger partial charge in [0.05, 0.1) is 38.4 Å². The maximum absolute atomic E-state index is 12.1. The van der Waals surface area contributed by atoms with Crippen LogP contribution in [0.3, 0.4) is 0 Å². The van der Waals surface area contributed by atoms with Crippen molar-refractivity contribution in [2.24, 2.45) is 0 Å². The number of halogens is 1. The maximum atomic E-state index is 12.1. The zero-order valence-electron chi connectivity index (χ0n) is 14.3. The quantitative estimate of drug-likeness (QED) is 0.649. The van der Waals surface area contributed by atoms with Crippen molar-refractivity contribution in [3.05, 3.63) is 57.6 Å². The number of hydrogen-bond acceptors (Lipinski definition) is 7. The largest absolute Gasteiger partial charge is 0.481 e. The van der Waals surface area contributed by atoms with Gasteiger partial charge in [-0.05, 0) is 29.8 Å². The second-order valence-electron chi connectivity index (χ2n) is 6.23. The summed E-state index contributed by atoms with van der Waals surface area (Å²) >= 11 is 7.28. The molecular weight excluding hydrogens is 424 g/mol. The molecule has 0 bridgehead atoms. The molecule has 7 nitrogen and oxygen atoms in total. The third-order valence-electron chi connectivity index (χ3n) is 4.06. The second-order valence-corrected chi connectivity index (χ2v) is 10.0. The molecule has 0 radical (unpaired) electrons. The molecule has 28 heavy (non-hydrogen) atoms. The summed E-state index contributed by atoms with van der Waals surface area (Å²) in [5, 5.41) is 8.85. The lowest BCUT2D eigenvalue weighted by atomic mass is 10.1. The van der Waals surface area contributed by atoms with Crippen LogP contribution in [0.15, 0.2) is 36.4 Å². The van der Waals surface area contributed by atoms with Crippen LogP contribution in [0.4, 0.5) is 0 Å². The molecule has 1 aliphatic rings. The Morgan fingerprint density at radius 1 is 1.14 bits per heavy atom. The van der Waals surface area contributed by atoms with Gasteiger partial charge >= 0.3 is 5.97 Å². The predicted octanol–water partition coefficient (Wildman–Crippen LogP) is 3.71. The minimum absolute atomic E-state index is 0.0925. The number of aliphatic carboxylic acids is 1. The number of sulfone groups is 1. The standard InChI is InChI=1S/C18H13ClN2O5S2/c19-15-6-5-14(27-15)17-20-13-9-28(24,25)8-12(13)18(21-17)26-11-3-1-10(2-4-11)7-16(22)23/h1-6H,7-9H2,(H,22,23). The van der Waals surface area contributed by atoms with E-state index in [9.17, 15) is 13.2 Å². The van der Waals surface area contributed by atoms with Gasteiger partial charge in [0, 0.05) is 0 Å². The summed E-state index contributed by atoms with van der Waals surface area (Å²) in [7, 11) is -3.30. The van der Waals surface area contributed by atoms with E-state index >= 15 is 0 Å². The lowest BCUT2D eigenvalue weighted by Gasteiger charge is -2.10. The summed E-state index contributed by atoms with van der Waals surface area (Å²) < 4.78 is 30.6. The first kappa shape index (κ1) is 18.9. The molecule has 0 unspecified atom stereocenters. The fourth-order valence-corrected chi connectivity index (χ4v) is 5.31. The Labute approximate surface area is 169 Å². The highest BCUT2D eigenvalue weighted by Crippen LogP contribution is 2.37. The number of carboxylic acids is 1. The van der Waals surface area contributed by atoms with Gasteiger partial charge in [-0.15, -0.1) is 11.3 Å². The molecule has 0 spiro atoms. The zero-order chi connectivity index (χ0) is 19.9. The van der Waals surface area contributed by atoms with Gasteiger partial charge in [0.2, 0.25) is 5.88 Å². The van der Waals surface area contributed by atoms with E-state index in [2.05, 4.69) is 9.97 Å². The van der Waals surface area contributed by atoms with Crippen molar-refractivity contribution >= 4 is 38.7 Å². The highest BCUT2D eigenvalue weighted by molar-refractivity contribution is 7.90. The molecule has 1 aliphatic heterocycles. The third-order valence-corrected chi connectivity index (χ3v) is 6.73. The number of thiophene rings is 1. The van der Waals surface area contributed by atoms with Crippen molar-refractivity contribution in [1.82, 2.24) is 9.97 Å². The SMILES string of the molecule is O=C(O)Cc1ccc(Oc2nc(-c3ccc(Cl)s3)nc3c2CS(=O)(=O)C3)cc1. The topological polar surface area (TPSA) is 106 Å². The van der Waals surface area contributed by atoms with Crippen molar-refractivity contribution in [2.75, 3.05) is 0 Å². The predicted molar refractivity (Wildman–Crippen MR) is 105 cm³/mol. The molecule has 144 valence electrons. The normalized spacial score (nSPS) is 14.6. The fraction of sp³-hybridized carbons (Fsp3) is 0.167. The third kappa shape index (κ3) is 4.01. The average molecular weight is 437 g/mol. The Morgan fingerprint density at radius 2 is 1.89 bits per heavy atom. The summed E-state index contributed by atoms with van der Waals surface area (Å²) in [6, 6.07) is 10.0. The Balaban J connectivity index is 1.71. The van der Waals surface area contributed by atoms with Crippen molar-refractivity contribution in [1.29, 1.82) is 0 Å². The number of hydrogen-bond donors (Lipinski definition) is 1. The van der Waals surface area contributed by atoms with Gasteiger partial charge in [0.25, 0.3) is 0 Å². The molecule has 0 saturated carbocycles. The van der Waals surface area contributed by atoms with E-state index in [1.165, 1.54) is 11.3 Å². The summed E-state index contributed by atoms with van der Waals surface area (Å²) in [5.74, 6) is -0.312. The molecule has 1 aromatic carbocycles. The van der Waals surface area contributed by atoms with E-state index in [0.29, 0.717) is 37.6 Å². The first-order chi connectivity index (χ1) is 13.3. The van der Waals surface area contributed by atoms with Gasteiger partial charge in [-0.25, -0.2) is 13.4 Å². The van der Waals surface area contributed by atoms with Crippen molar-refractivity contribution in [3.8, 4) is 22.3 Å². The van der Waals surface area contributed by atoms with Gasteiger partial charge in [0.1, 0.15) is 5.75 Å². The van der Waals surface area contributed by atoms with Crippen LogP contribution >= 0.6 is 22.9 Å². The van der Waals surface area contributed by atoms with Gasteiger partial charge in [-0.1, -0.05) is 23.7 Å². The molecule has 0 atom stereocenters. The minimum Gasteiger partial charge on any atom is -0.481 e. The number of nitrogens with zero attached hydrogens (tertiary/aromatic N) is 2. The van der Waals surface area contributed by atoms with E-state index in [1.807, 2.05) is 0 Å². The molecular formula is C18H13ClN2O5S2. The Morgan fingerprint density at radius 3 is 2.54 bits per heavy atom. The van der Waals surface area contributed by atoms with Gasteiger partial charge in [-0.3, -0.25) is 4.79 Å².